The van der Waals surface area contributed by atoms with Crippen LogP contribution in [0, 0.1) is 5.92 Å². The second kappa shape index (κ2) is 19.6. The zero-order valence-electron chi connectivity index (χ0n) is 16.5. The van der Waals surface area contributed by atoms with Crippen LogP contribution in [0.3, 0.4) is 0 Å². The lowest BCUT2D eigenvalue weighted by molar-refractivity contribution is 0.0205. The van der Waals surface area contributed by atoms with Gasteiger partial charge in [0, 0.05) is 59.8 Å². The minimum absolute atomic E-state index is 0. The van der Waals surface area contributed by atoms with Gasteiger partial charge in [0.2, 0.25) is 0 Å². The van der Waals surface area contributed by atoms with Crippen LogP contribution in [0.15, 0.2) is 4.99 Å². The summed E-state index contributed by atoms with van der Waals surface area (Å²) < 4.78 is 21.5. The van der Waals surface area contributed by atoms with Crippen LogP contribution in [0.4, 0.5) is 0 Å². The van der Waals surface area contributed by atoms with Gasteiger partial charge in [0.1, 0.15) is 0 Å². The molecule has 0 saturated carbocycles. The van der Waals surface area contributed by atoms with Crippen LogP contribution >= 0.6 is 24.0 Å². The number of aliphatic imine (C=N–C) groups is 1. The first-order valence-electron chi connectivity index (χ1n) is 9.61. The first-order valence-corrected chi connectivity index (χ1v) is 9.61. The molecule has 0 bridgehead atoms. The third-order valence-corrected chi connectivity index (χ3v) is 3.95. The Kier molecular flexibility index (Phi) is 19.5. The molecule has 1 aliphatic rings. The number of hydrogen-bond donors (Lipinski definition) is 2. The van der Waals surface area contributed by atoms with Crippen molar-refractivity contribution in [2.24, 2.45) is 10.9 Å². The summed E-state index contributed by atoms with van der Waals surface area (Å²) in [7, 11) is 1.68. The molecule has 0 amide bonds. The lowest BCUT2D eigenvalue weighted by Gasteiger charge is -2.21. The molecule has 0 unspecified atom stereocenters. The summed E-state index contributed by atoms with van der Waals surface area (Å²) in [6, 6.07) is 0. The monoisotopic (exact) mass is 487 g/mol. The number of halogens is 1. The van der Waals surface area contributed by atoms with Gasteiger partial charge in [0.15, 0.2) is 5.96 Å². The van der Waals surface area contributed by atoms with Crippen LogP contribution in [0.2, 0.25) is 0 Å². The van der Waals surface area contributed by atoms with Crippen LogP contribution in [-0.4, -0.2) is 79.0 Å². The summed E-state index contributed by atoms with van der Waals surface area (Å²) in [6.45, 7) is 9.97. The molecule has 7 nitrogen and oxygen atoms in total. The Balaban J connectivity index is 0.00000625. The number of methoxy groups -OCH3 is 1. The lowest BCUT2D eigenvalue weighted by atomic mass is 10.0. The van der Waals surface area contributed by atoms with Crippen molar-refractivity contribution in [3.05, 3.63) is 0 Å². The number of nitrogens with zero attached hydrogens (tertiary/aromatic N) is 1. The van der Waals surface area contributed by atoms with Crippen LogP contribution in [0.1, 0.15) is 32.6 Å². The van der Waals surface area contributed by atoms with E-state index in [1.165, 1.54) is 0 Å². The fourth-order valence-electron chi connectivity index (χ4n) is 2.49. The van der Waals surface area contributed by atoms with Crippen LogP contribution in [0.25, 0.3) is 0 Å². The molecule has 0 radical (unpaired) electrons. The van der Waals surface area contributed by atoms with E-state index in [9.17, 15) is 0 Å². The minimum Gasteiger partial charge on any atom is -0.382 e. The highest BCUT2D eigenvalue weighted by atomic mass is 127. The normalized spacial score (nSPS) is 15.5. The van der Waals surface area contributed by atoms with E-state index in [0.29, 0.717) is 19.1 Å². The van der Waals surface area contributed by atoms with Crippen molar-refractivity contribution in [2.45, 2.75) is 32.6 Å². The first-order chi connectivity index (χ1) is 12.4. The Morgan fingerprint density at radius 3 is 2.54 bits per heavy atom. The molecule has 0 aromatic carbocycles. The van der Waals surface area contributed by atoms with Gasteiger partial charge in [0.05, 0.1) is 13.2 Å². The van der Waals surface area contributed by atoms with Crippen molar-refractivity contribution in [2.75, 3.05) is 73.0 Å². The number of hydrogen-bond acceptors (Lipinski definition) is 5. The van der Waals surface area contributed by atoms with E-state index in [4.69, 9.17) is 18.9 Å². The third-order valence-electron chi connectivity index (χ3n) is 3.95. The Morgan fingerprint density at radius 2 is 1.81 bits per heavy atom. The van der Waals surface area contributed by atoms with Gasteiger partial charge in [-0.3, -0.25) is 4.99 Å². The zero-order valence-corrected chi connectivity index (χ0v) is 18.8. The lowest BCUT2D eigenvalue weighted by Crippen LogP contribution is -2.38. The molecule has 2 N–H and O–H groups in total. The first kappa shape index (κ1) is 25.8. The molecule has 156 valence electrons. The van der Waals surface area contributed by atoms with E-state index < -0.39 is 0 Å². The van der Waals surface area contributed by atoms with Crippen molar-refractivity contribution in [3.8, 4) is 0 Å². The molecule has 26 heavy (non-hydrogen) atoms. The molecule has 8 heteroatoms. The molecule has 1 aliphatic heterocycles. The summed E-state index contributed by atoms with van der Waals surface area (Å²) in [4.78, 5) is 4.58. The predicted molar refractivity (Wildman–Crippen MR) is 116 cm³/mol. The van der Waals surface area contributed by atoms with Crippen molar-refractivity contribution in [1.29, 1.82) is 0 Å². The Bertz CT molecular complexity index is 330. The third kappa shape index (κ3) is 15.0. The maximum absolute atomic E-state index is 5.77. The summed E-state index contributed by atoms with van der Waals surface area (Å²) >= 11 is 0. The van der Waals surface area contributed by atoms with Gasteiger partial charge in [-0.25, -0.2) is 0 Å². The van der Waals surface area contributed by atoms with Gasteiger partial charge in [-0.05, 0) is 38.5 Å². The highest BCUT2D eigenvalue weighted by molar-refractivity contribution is 14.0. The van der Waals surface area contributed by atoms with Crippen molar-refractivity contribution >= 4 is 29.9 Å². The second-order valence-electron chi connectivity index (χ2n) is 6.13. The summed E-state index contributed by atoms with van der Waals surface area (Å²) in [6.07, 6.45) is 4.14. The number of rotatable bonds is 14. The van der Waals surface area contributed by atoms with Crippen molar-refractivity contribution in [3.63, 3.8) is 0 Å². The molecule has 0 spiro atoms. The standard InChI is InChI=1S/C18H37N3O4.HI/c1-3-19-18(20-8-4-10-23-15-14-22-2)21-9-5-11-25-16-17-6-12-24-13-7-17;/h17H,3-16H2,1-2H3,(H2,19,20,21);1H. The number of guanidine groups is 1. The Hall–Kier alpha value is -0.160. The highest BCUT2D eigenvalue weighted by Gasteiger charge is 2.13. The SMILES string of the molecule is CCNC(=NCCCOCC1CCOCC1)NCCCOCCOC.I. The van der Waals surface area contributed by atoms with E-state index in [1.807, 2.05) is 0 Å². The van der Waals surface area contributed by atoms with E-state index in [0.717, 1.165) is 84.3 Å². The van der Waals surface area contributed by atoms with E-state index in [-0.39, 0.29) is 24.0 Å². The van der Waals surface area contributed by atoms with Gasteiger partial charge in [-0.1, -0.05) is 0 Å². The molecule has 1 rings (SSSR count). The number of nitrogens with one attached hydrogen (secondary N) is 2. The molecule has 1 heterocycles. The van der Waals surface area contributed by atoms with Crippen LogP contribution < -0.4 is 10.6 Å². The van der Waals surface area contributed by atoms with Gasteiger partial charge in [0.25, 0.3) is 0 Å². The van der Waals surface area contributed by atoms with E-state index >= 15 is 0 Å². The highest BCUT2D eigenvalue weighted by Crippen LogP contribution is 2.14. The van der Waals surface area contributed by atoms with Crippen molar-refractivity contribution in [1.82, 2.24) is 10.6 Å². The molecule has 0 aromatic heterocycles. The maximum Gasteiger partial charge on any atom is 0.191 e. The maximum atomic E-state index is 5.77. The van der Waals surface area contributed by atoms with Gasteiger partial charge >= 0.3 is 0 Å². The predicted octanol–water partition coefficient (Wildman–Crippen LogP) is 2.05. The molecule has 1 fully saturated rings. The van der Waals surface area contributed by atoms with Crippen LogP contribution in [-0.2, 0) is 18.9 Å². The second-order valence-corrected chi connectivity index (χ2v) is 6.13. The van der Waals surface area contributed by atoms with Crippen molar-refractivity contribution < 1.29 is 18.9 Å². The largest absolute Gasteiger partial charge is 0.382 e. The van der Waals surface area contributed by atoms with Crippen LogP contribution in [0.5, 0.6) is 0 Å². The number of ether oxygens (including phenoxy) is 4. The van der Waals surface area contributed by atoms with E-state index in [1.54, 1.807) is 7.11 Å². The smallest absolute Gasteiger partial charge is 0.191 e. The molecule has 0 aromatic rings. The molecule has 1 saturated heterocycles. The average Bonchev–Trinajstić information content (AvgIpc) is 2.64. The minimum atomic E-state index is 0. The Morgan fingerprint density at radius 1 is 1.04 bits per heavy atom. The summed E-state index contributed by atoms with van der Waals surface area (Å²) in [5, 5.41) is 6.59. The zero-order chi connectivity index (χ0) is 18.0. The molecule has 0 atom stereocenters. The molecular weight excluding hydrogens is 449 g/mol. The van der Waals surface area contributed by atoms with E-state index in [2.05, 4.69) is 22.5 Å². The Labute approximate surface area is 176 Å². The quantitative estimate of drug-likeness (QED) is 0.169. The van der Waals surface area contributed by atoms with Gasteiger partial charge < -0.3 is 29.6 Å². The van der Waals surface area contributed by atoms with Gasteiger partial charge in [-0.15, -0.1) is 24.0 Å². The summed E-state index contributed by atoms with van der Waals surface area (Å²) in [5.74, 6) is 1.53. The molecule has 0 aliphatic carbocycles. The average molecular weight is 487 g/mol. The van der Waals surface area contributed by atoms with Gasteiger partial charge in [-0.2, -0.15) is 0 Å². The molecular formula is C18H38IN3O4. The fraction of sp³-hybridized carbons (Fsp3) is 0.944. The topological polar surface area (TPSA) is 73.3 Å². The summed E-state index contributed by atoms with van der Waals surface area (Å²) in [5.41, 5.74) is 0. The fourth-order valence-corrected chi connectivity index (χ4v) is 2.49.